The molecule has 0 fully saturated rings. The summed E-state index contributed by atoms with van der Waals surface area (Å²) in [6.07, 6.45) is 4.79. The van der Waals surface area contributed by atoms with Crippen molar-refractivity contribution in [2.24, 2.45) is 0 Å². The standard InChI is InChI=1S/C21H25NO3/c1-14(17-9-8-16-5-3-4-6-18(16)12-17)22-21(24)19-10-7-15(13-23)11-20(19)25-2/h7-12,14,23H,3-6,13H2,1-2H3,(H,22,24)/t14-/m0/s1. The maximum atomic E-state index is 12.6. The third kappa shape index (κ3) is 3.85. The van der Waals surface area contributed by atoms with Crippen LogP contribution in [0.5, 0.6) is 5.75 Å². The van der Waals surface area contributed by atoms with E-state index in [-0.39, 0.29) is 18.6 Å². The molecular weight excluding hydrogens is 314 g/mol. The highest BCUT2D eigenvalue weighted by Gasteiger charge is 2.17. The van der Waals surface area contributed by atoms with E-state index in [0.29, 0.717) is 11.3 Å². The number of aliphatic hydroxyl groups excluding tert-OH is 1. The lowest BCUT2D eigenvalue weighted by molar-refractivity contribution is 0.0936. The Morgan fingerprint density at radius 1 is 1.16 bits per heavy atom. The Morgan fingerprint density at radius 2 is 1.92 bits per heavy atom. The summed E-state index contributed by atoms with van der Waals surface area (Å²) in [5, 5.41) is 12.3. The molecule has 0 saturated heterocycles. The topological polar surface area (TPSA) is 58.6 Å². The minimum atomic E-state index is -0.174. The number of nitrogens with one attached hydrogen (secondary N) is 1. The summed E-state index contributed by atoms with van der Waals surface area (Å²) in [5.74, 6) is 0.299. The fourth-order valence-corrected chi connectivity index (χ4v) is 3.40. The zero-order chi connectivity index (χ0) is 17.8. The molecule has 0 radical (unpaired) electrons. The summed E-state index contributed by atoms with van der Waals surface area (Å²) < 4.78 is 5.30. The van der Waals surface area contributed by atoms with Crippen molar-refractivity contribution >= 4 is 5.91 Å². The summed E-state index contributed by atoms with van der Waals surface area (Å²) in [6.45, 7) is 1.92. The molecule has 0 bridgehead atoms. The summed E-state index contributed by atoms with van der Waals surface area (Å²) in [5.41, 5.74) is 5.17. The molecular formula is C21H25NO3. The molecule has 4 nitrogen and oxygen atoms in total. The van der Waals surface area contributed by atoms with Crippen LogP contribution in [0.2, 0.25) is 0 Å². The number of rotatable bonds is 5. The van der Waals surface area contributed by atoms with Gasteiger partial charge in [0.1, 0.15) is 5.75 Å². The Labute approximate surface area is 148 Å². The van der Waals surface area contributed by atoms with E-state index < -0.39 is 0 Å². The summed E-state index contributed by atoms with van der Waals surface area (Å²) in [7, 11) is 1.53. The smallest absolute Gasteiger partial charge is 0.255 e. The first-order valence-electron chi connectivity index (χ1n) is 8.82. The van der Waals surface area contributed by atoms with Gasteiger partial charge in [-0.3, -0.25) is 4.79 Å². The van der Waals surface area contributed by atoms with Crippen molar-refractivity contribution in [3.8, 4) is 5.75 Å². The average Bonchev–Trinajstić information content (AvgIpc) is 2.66. The van der Waals surface area contributed by atoms with Gasteiger partial charge in [-0.05, 0) is 67.0 Å². The number of carbonyl (C=O) groups excluding carboxylic acids is 1. The van der Waals surface area contributed by atoms with Crippen LogP contribution >= 0.6 is 0 Å². The van der Waals surface area contributed by atoms with Gasteiger partial charge in [-0.2, -0.15) is 0 Å². The monoisotopic (exact) mass is 339 g/mol. The highest BCUT2D eigenvalue weighted by Crippen LogP contribution is 2.26. The Bertz CT molecular complexity index is 770. The number of amides is 1. The van der Waals surface area contributed by atoms with Gasteiger partial charge in [-0.1, -0.05) is 24.3 Å². The predicted molar refractivity (Wildman–Crippen MR) is 97.9 cm³/mol. The van der Waals surface area contributed by atoms with Crippen LogP contribution < -0.4 is 10.1 Å². The van der Waals surface area contributed by atoms with Crippen molar-refractivity contribution in [2.75, 3.05) is 7.11 Å². The van der Waals surface area contributed by atoms with Gasteiger partial charge in [0, 0.05) is 0 Å². The van der Waals surface area contributed by atoms with E-state index in [2.05, 4.69) is 23.5 Å². The number of fused-ring (bicyclic) bond motifs is 1. The Balaban J connectivity index is 1.76. The lowest BCUT2D eigenvalue weighted by Crippen LogP contribution is -2.27. The van der Waals surface area contributed by atoms with E-state index in [4.69, 9.17) is 4.74 Å². The number of aliphatic hydroxyl groups is 1. The largest absolute Gasteiger partial charge is 0.496 e. The third-order valence-electron chi connectivity index (χ3n) is 4.91. The lowest BCUT2D eigenvalue weighted by atomic mass is 9.89. The first-order chi connectivity index (χ1) is 12.1. The average molecular weight is 339 g/mol. The second-order valence-corrected chi connectivity index (χ2v) is 6.62. The van der Waals surface area contributed by atoms with Crippen LogP contribution in [0.1, 0.15) is 58.4 Å². The number of ether oxygens (including phenoxy) is 1. The molecule has 1 aliphatic carbocycles. The number of hydrogen-bond acceptors (Lipinski definition) is 3. The van der Waals surface area contributed by atoms with E-state index in [1.165, 1.54) is 31.1 Å². The quantitative estimate of drug-likeness (QED) is 0.876. The van der Waals surface area contributed by atoms with Crippen molar-refractivity contribution in [1.82, 2.24) is 5.32 Å². The molecule has 1 atom stereocenters. The molecule has 0 spiro atoms. The Morgan fingerprint density at radius 3 is 2.64 bits per heavy atom. The Hall–Kier alpha value is -2.33. The predicted octanol–water partition coefficient (Wildman–Crippen LogP) is 3.56. The van der Waals surface area contributed by atoms with E-state index >= 15 is 0 Å². The summed E-state index contributed by atoms with van der Waals surface area (Å²) in [6, 6.07) is 11.6. The van der Waals surface area contributed by atoms with E-state index in [1.807, 2.05) is 6.92 Å². The summed E-state index contributed by atoms with van der Waals surface area (Å²) >= 11 is 0. The van der Waals surface area contributed by atoms with Gasteiger partial charge >= 0.3 is 0 Å². The van der Waals surface area contributed by atoms with Crippen molar-refractivity contribution in [1.29, 1.82) is 0 Å². The van der Waals surface area contributed by atoms with Crippen molar-refractivity contribution in [3.63, 3.8) is 0 Å². The van der Waals surface area contributed by atoms with Gasteiger partial charge in [0.05, 0.1) is 25.3 Å². The molecule has 3 rings (SSSR count). The Kier molecular flexibility index (Phi) is 5.39. The first-order valence-corrected chi connectivity index (χ1v) is 8.82. The van der Waals surface area contributed by atoms with E-state index in [1.54, 1.807) is 18.2 Å². The molecule has 0 saturated carbocycles. The van der Waals surface area contributed by atoms with Crippen LogP contribution in [0, 0.1) is 0 Å². The van der Waals surface area contributed by atoms with Crippen LogP contribution in [0.3, 0.4) is 0 Å². The molecule has 0 aliphatic heterocycles. The minimum Gasteiger partial charge on any atom is -0.496 e. The second kappa shape index (κ2) is 7.70. The van der Waals surface area contributed by atoms with E-state index in [0.717, 1.165) is 24.0 Å². The molecule has 2 aromatic rings. The number of carbonyl (C=O) groups is 1. The number of aryl methyl sites for hydroxylation is 2. The zero-order valence-corrected chi connectivity index (χ0v) is 14.8. The van der Waals surface area contributed by atoms with Gasteiger partial charge < -0.3 is 15.2 Å². The summed E-state index contributed by atoms with van der Waals surface area (Å²) in [4.78, 5) is 12.6. The fourth-order valence-electron chi connectivity index (χ4n) is 3.40. The highest BCUT2D eigenvalue weighted by atomic mass is 16.5. The molecule has 0 aromatic heterocycles. The molecule has 4 heteroatoms. The van der Waals surface area contributed by atoms with Crippen LogP contribution in [0.4, 0.5) is 0 Å². The molecule has 0 unspecified atom stereocenters. The molecule has 1 amide bonds. The van der Waals surface area contributed by atoms with Crippen LogP contribution in [-0.4, -0.2) is 18.1 Å². The molecule has 0 heterocycles. The normalized spacial score (nSPS) is 14.5. The van der Waals surface area contributed by atoms with Crippen molar-refractivity contribution < 1.29 is 14.6 Å². The number of hydrogen-bond donors (Lipinski definition) is 2. The first kappa shape index (κ1) is 17.5. The molecule has 2 N–H and O–H groups in total. The maximum absolute atomic E-state index is 12.6. The van der Waals surface area contributed by atoms with Crippen molar-refractivity contribution in [3.05, 3.63) is 64.2 Å². The SMILES string of the molecule is COc1cc(CO)ccc1C(=O)N[C@@H](C)c1ccc2c(c1)CCCC2. The third-order valence-corrected chi connectivity index (χ3v) is 4.91. The molecule has 2 aromatic carbocycles. The number of benzene rings is 2. The second-order valence-electron chi connectivity index (χ2n) is 6.62. The fraction of sp³-hybridized carbons (Fsp3) is 0.381. The molecule has 132 valence electrons. The van der Waals surface area contributed by atoms with Crippen LogP contribution in [0.15, 0.2) is 36.4 Å². The van der Waals surface area contributed by atoms with E-state index in [9.17, 15) is 9.90 Å². The van der Waals surface area contributed by atoms with Gasteiger partial charge in [0.2, 0.25) is 0 Å². The van der Waals surface area contributed by atoms with Gasteiger partial charge in [0.25, 0.3) is 5.91 Å². The van der Waals surface area contributed by atoms with Crippen molar-refractivity contribution in [2.45, 2.75) is 45.3 Å². The van der Waals surface area contributed by atoms with Crippen LogP contribution in [-0.2, 0) is 19.4 Å². The van der Waals surface area contributed by atoms with Gasteiger partial charge in [-0.15, -0.1) is 0 Å². The molecule has 1 aliphatic rings. The zero-order valence-electron chi connectivity index (χ0n) is 14.8. The van der Waals surface area contributed by atoms with Crippen LogP contribution in [0.25, 0.3) is 0 Å². The maximum Gasteiger partial charge on any atom is 0.255 e. The van der Waals surface area contributed by atoms with Gasteiger partial charge in [0.15, 0.2) is 0 Å². The highest BCUT2D eigenvalue weighted by molar-refractivity contribution is 5.97. The number of methoxy groups -OCH3 is 1. The minimum absolute atomic E-state index is 0.0796. The lowest BCUT2D eigenvalue weighted by Gasteiger charge is -2.20. The molecule has 25 heavy (non-hydrogen) atoms. The van der Waals surface area contributed by atoms with Gasteiger partial charge in [-0.25, -0.2) is 0 Å².